The lowest BCUT2D eigenvalue weighted by Crippen LogP contribution is -2.44. The van der Waals surface area contributed by atoms with Gasteiger partial charge in [0.1, 0.15) is 11.4 Å². The summed E-state index contributed by atoms with van der Waals surface area (Å²) < 4.78 is 16.9. The second-order valence-electron chi connectivity index (χ2n) is 8.17. The van der Waals surface area contributed by atoms with E-state index >= 15 is 0 Å². The van der Waals surface area contributed by atoms with Crippen molar-refractivity contribution in [2.24, 2.45) is 0 Å². The lowest BCUT2D eigenvalue weighted by Gasteiger charge is -2.30. The number of benzene rings is 1. The average Bonchev–Trinajstić information content (AvgIpc) is 3.59. The highest BCUT2D eigenvalue weighted by Gasteiger charge is 2.28. The van der Waals surface area contributed by atoms with Gasteiger partial charge in [0.15, 0.2) is 0 Å². The molecule has 8 nitrogen and oxygen atoms in total. The van der Waals surface area contributed by atoms with Gasteiger partial charge in [-0.25, -0.2) is 4.39 Å². The smallest absolute Gasteiger partial charge is 0.303 e. The summed E-state index contributed by atoms with van der Waals surface area (Å²) in [5.74, 6) is -1.85. The van der Waals surface area contributed by atoms with Crippen molar-refractivity contribution in [3.8, 4) is 0 Å². The number of nitrogens with one attached hydrogen (secondary N) is 2. The third-order valence-corrected chi connectivity index (χ3v) is 5.85. The second kappa shape index (κ2) is 9.05. The molecule has 0 bridgehead atoms. The molecule has 0 atom stereocenters. The van der Waals surface area contributed by atoms with Crippen LogP contribution < -0.4 is 21.0 Å². The summed E-state index contributed by atoms with van der Waals surface area (Å²) >= 11 is 0. The molecule has 3 N–H and O–H groups in total. The van der Waals surface area contributed by atoms with Gasteiger partial charge in [-0.2, -0.15) is 0 Å². The highest BCUT2D eigenvalue weighted by atomic mass is 19.1. The minimum Gasteiger partial charge on any atom is -0.481 e. The van der Waals surface area contributed by atoms with Crippen LogP contribution in [-0.4, -0.2) is 54.3 Å². The number of amides is 1. The van der Waals surface area contributed by atoms with E-state index < -0.39 is 23.1 Å². The van der Waals surface area contributed by atoms with Crippen LogP contribution in [0.1, 0.15) is 48.5 Å². The van der Waals surface area contributed by atoms with E-state index in [1.165, 1.54) is 6.07 Å². The van der Waals surface area contributed by atoms with Gasteiger partial charge in [-0.1, -0.05) is 0 Å². The van der Waals surface area contributed by atoms with Crippen LogP contribution in [0.2, 0.25) is 0 Å². The van der Waals surface area contributed by atoms with Crippen molar-refractivity contribution in [2.75, 3.05) is 37.6 Å². The number of piperazine rings is 1. The molecule has 166 valence electrons. The summed E-state index contributed by atoms with van der Waals surface area (Å²) in [6.07, 6.45) is 4.48. The Morgan fingerprint density at radius 1 is 1.19 bits per heavy atom. The van der Waals surface area contributed by atoms with Crippen LogP contribution in [0, 0.1) is 5.82 Å². The normalized spacial score (nSPS) is 16.5. The number of anilines is 1. The van der Waals surface area contributed by atoms with E-state index in [2.05, 4.69) is 10.6 Å². The Morgan fingerprint density at radius 3 is 2.61 bits per heavy atom. The third-order valence-electron chi connectivity index (χ3n) is 5.85. The van der Waals surface area contributed by atoms with Crippen LogP contribution in [0.25, 0.3) is 10.9 Å². The van der Waals surface area contributed by atoms with E-state index in [0.29, 0.717) is 37.1 Å². The molecule has 1 aromatic carbocycles. The summed E-state index contributed by atoms with van der Waals surface area (Å²) in [6, 6.07) is 3.20. The number of hydrogen-bond donors (Lipinski definition) is 3. The van der Waals surface area contributed by atoms with Crippen LogP contribution in [0.3, 0.4) is 0 Å². The molecule has 1 aromatic heterocycles. The molecule has 2 aromatic rings. The predicted molar refractivity (Wildman–Crippen MR) is 115 cm³/mol. The summed E-state index contributed by atoms with van der Waals surface area (Å²) in [6.45, 7) is 3.22. The maximum Gasteiger partial charge on any atom is 0.303 e. The summed E-state index contributed by atoms with van der Waals surface area (Å²) in [5, 5.41) is 14.8. The first-order valence-corrected chi connectivity index (χ1v) is 10.8. The lowest BCUT2D eigenvalue weighted by atomic mass is 10.1. The lowest BCUT2D eigenvalue weighted by molar-refractivity contribution is -0.137. The van der Waals surface area contributed by atoms with Gasteiger partial charge in [-0.15, -0.1) is 0 Å². The van der Waals surface area contributed by atoms with Crippen molar-refractivity contribution >= 4 is 28.5 Å². The molecule has 0 unspecified atom stereocenters. The number of carbonyl (C=O) groups excluding carboxylic acids is 1. The maximum absolute atomic E-state index is 15.0. The fourth-order valence-corrected chi connectivity index (χ4v) is 4.02. The zero-order valence-electron chi connectivity index (χ0n) is 17.3. The highest BCUT2D eigenvalue weighted by Crippen LogP contribution is 2.38. The predicted octanol–water partition coefficient (Wildman–Crippen LogP) is 1.87. The van der Waals surface area contributed by atoms with Gasteiger partial charge in [-0.3, -0.25) is 14.4 Å². The minimum absolute atomic E-state index is 0.00745. The van der Waals surface area contributed by atoms with Crippen molar-refractivity contribution < 1.29 is 19.1 Å². The number of carboxylic acid groups (broad SMARTS) is 1. The molecular formula is C22H27FN4O4. The van der Waals surface area contributed by atoms with Crippen molar-refractivity contribution in [3.63, 3.8) is 0 Å². The topological polar surface area (TPSA) is 104 Å². The van der Waals surface area contributed by atoms with Gasteiger partial charge >= 0.3 is 5.97 Å². The monoisotopic (exact) mass is 430 g/mol. The molecule has 1 saturated heterocycles. The van der Waals surface area contributed by atoms with E-state index in [-0.39, 0.29) is 30.0 Å². The summed E-state index contributed by atoms with van der Waals surface area (Å²) in [7, 11) is 0. The largest absolute Gasteiger partial charge is 0.481 e. The minimum atomic E-state index is -0.879. The number of carbonyl (C=O) groups is 2. The number of unbranched alkanes of at least 4 members (excludes halogenated alkanes) is 1. The van der Waals surface area contributed by atoms with Crippen molar-refractivity contribution in [3.05, 3.63) is 39.9 Å². The molecule has 2 aliphatic rings. The molecule has 2 heterocycles. The zero-order chi connectivity index (χ0) is 22.0. The number of fused-ring (bicyclic) bond motifs is 1. The number of halogens is 1. The number of carboxylic acids is 1. The molecule has 31 heavy (non-hydrogen) atoms. The Balaban J connectivity index is 1.63. The van der Waals surface area contributed by atoms with Crippen molar-refractivity contribution in [2.45, 2.75) is 38.1 Å². The first-order chi connectivity index (χ1) is 15.0. The molecule has 1 aliphatic carbocycles. The number of aromatic nitrogens is 1. The second-order valence-corrected chi connectivity index (χ2v) is 8.17. The molecule has 0 radical (unpaired) electrons. The molecule has 1 saturated carbocycles. The van der Waals surface area contributed by atoms with E-state index in [4.69, 9.17) is 5.11 Å². The molecule has 4 rings (SSSR count). The number of pyridine rings is 1. The Hall–Kier alpha value is -2.94. The summed E-state index contributed by atoms with van der Waals surface area (Å²) in [5.41, 5.74) is 0.645. The van der Waals surface area contributed by atoms with E-state index in [1.807, 2.05) is 9.47 Å². The summed E-state index contributed by atoms with van der Waals surface area (Å²) in [4.78, 5) is 38.2. The molecule has 2 fully saturated rings. The standard InChI is InChI=1S/C22H27FN4O4/c23-17-11-15-18(12-19(17)26-9-7-24-8-10-26)27(14-4-5-14)13-16(21(15)30)22(31)25-6-2-1-3-20(28)29/h11-14,24H,1-10H2,(H,25,31)(H,28,29). The molecular weight excluding hydrogens is 403 g/mol. The highest BCUT2D eigenvalue weighted by molar-refractivity contribution is 5.98. The quantitative estimate of drug-likeness (QED) is 0.553. The number of hydrogen-bond acceptors (Lipinski definition) is 5. The Morgan fingerprint density at radius 2 is 1.94 bits per heavy atom. The Kier molecular flexibility index (Phi) is 6.22. The first-order valence-electron chi connectivity index (χ1n) is 10.8. The Bertz CT molecular complexity index is 1060. The molecule has 1 aliphatic heterocycles. The molecule has 9 heteroatoms. The van der Waals surface area contributed by atoms with E-state index in [1.54, 1.807) is 12.3 Å². The SMILES string of the molecule is O=C(O)CCCCNC(=O)c1cn(C2CC2)c2cc(N3CCNCC3)c(F)cc2c1=O. The number of aliphatic carboxylic acids is 1. The fourth-order valence-electron chi connectivity index (χ4n) is 4.02. The van der Waals surface area contributed by atoms with Crippen molar-refractivity contribution in [1.82, 2.24) is 15.2 Å². The zero-order valence-corrected chi connectivity index (χ0v) is 17.3. The van der Waals surface area contributed by atoms with Crippen molar-refractivity contribution in [1.29, 1.82) is 0 Å². The van der Waals surface area contributed by atoms with E-state index in [0.717, 1.165) is 25.9 Å². The van der Waals surface area contributed by atoms with Crippen LogP contribution >= 0.6 is 0 Å². The van der Waals surface area contributed by atoms with Gasteiger partial charge < -0.3 is 25.2 Å². The van der Waals surface area contributed by atoms with Gasteiger partial charge in [0, 0.05) is 56.8 Å². The van der Waals surface area contributed by atoms with E-state index in [9.17, 15) is 18.8 Å². The molecule has 1 amide bonds. The number of nitrogens with zero attached hydrogens (tertiary/aromatic N) is 2. The average molecular weight is 430 g/mol. The fraction of sp³-hybridized carbons (Fsp3) is 0.500. The maximum atomic E-state index is 15.0. The van der Waals surface area contributed by atoms with Crippen LogP contribution in [0.15, 0.2) is 23.1 Å². The van der Waals surface area contributed by atoms with Gasteiger partial charge in [-0.05, 0) is 37.8 Å². The number of rotatable bonds is 8. The van der Waals surface area contributed by atoms with Gasteiger partial charge in [0.05, 0.1) is 11.2 Å². The Labute approximate surface area is 179 Å². The van der Waals surface area contributed by atoms with Gasteiger partial charge in [0.25, 0.3) is 5.91 Å². The first kappa shape index (κ1) is 21.3. The van der Waals surface area contributed by atoms with Crippen LogP contribution in [-0.2, 0) is 4.79 Å². The van der Waals surface area contributed by atoms with Crippen LogP contribution in [0.4, 0.5) is 10.1 Å². The van der Waals surface area contributed by atoms with Crippen LogP contribution in [0.5, 0.6) is 0 Å². The third kappa shape index (κ3) is 4.71. The van der Waals surface area contributed by atoms with Gasteiger partial charge in [0.2, 0.25) is 5.43 Å². The molecule has 0 spiro atoms.